The molecule has 14 heavy (non-hydrogen) atoms. The average Bonchev–Trinajstić information content (AvgIpc) is 2.11. The van der Waals surface area contributed by atoms with E-state index in [1.807, 2.05) is 0 Å². The Labute approximate surface area is 101 Å². The van der Waals surface area contributed by atoms with E-state index >= 15 is 0 Å². The van der Waals surface area contributed by atoms with Crippen molar-refractivity contribution in [3.05, 3.63) is 28.2 Å². The van der Waals surface area contributed by atoms with Gasteiger partial charge in [0, 0.05) is 0 Å². The van der Waals surface area contributed by atoms with Crippen LogP contribution < -0.4 is 4.74 Å². The molecule has 0 saturated carbocycles. The van der Waals surface area contributed by atoms with Crippen LogP contribution in [0.4, 0.5) is 0 Å². The van der Waals surface area contributed by atoms with Crippen LogP contribution in [0.1, 0.15) is 0 Å². The van der Waals surface area contributed by atoms with Crippen LogP contribution >= 0.6 is 46.4 Å². The topological polar surface area (TPSA) is 26.3 Å². The molecule has 0 atom stereocenters. The summed E-state index contributed by atoms with van der Waals surface area (Å²) >= 11 is 22.0. The minimum absolute atomic E-state index is 0.0622. The van der Waals surface area contributed by atoms with Gasteiger partial charge in [0.15, 0.2) is 5.75 Å². The molecule has 0 N–H and O–H groups in total. The third-order valence-corrected chi connectivity index (χ3v) is 2.25. The van der Waals surface area contributed by atoms with Crippen molar-refractivity contribution < 1.29 is 9.53 Å². The summed E-state index contributed by atoms with van der Waals surface area (Å²) in [5.74, 6) is -0.754. The Kier molecular flexibility index (Phi) is 4.32. The van der Waals surface area contributed by atoms with Crippen LogP contribution in [-0.4, -0.2) is 10.8 Å². The molecule has 0 aliphatic heterocycles. The van der Waals surface area contributed by atoms with E-state index < -0.39 is 10.8 Å². The Balaban J connectivity index is 2.91. The van der Waals surface area contributed by atoms with Crippen molar-refractivity contribution >= 4 is 52.4 Å². The van der Waals surface area contributed by atoms with Gasteiger partial charge in [0.25, 0.3) is 0 Å². The predicted octanol–water partition coefficient (Wildman–Crippen LogP) is 3.70. The van der Waals surface area contributed by atoms with E-state index in [0.29, 0.717) is 0 Å². The van der Waals surface area contributed by atoms with Gasteiger partial charge in [0.05, 0.1) is 10.0 Å². The zero-order chi connectivity index (χ0) is 10.7. The molecular formula is C8H4Cl4O2. The number of para-hydroxylation sites is 1. The second-order valence-electron chi connectivity index (χ2n) is 2.27. The number of benzene rings is 1. The van der Waals surface area contributed by atoms with E-state index in [9.17, 15) is 4.79 Å². The molecule has 1 aromatic rings. The van der Waals surface area contributed by atoms with Gasteiger partial charge < -0.3 is 4.74 Å². The first-order valence-electron chi connectivity index (χ1n) is 3.46. The number of carbonyl (C=O) groups excluding carboxylic acids is 1. The number of hydrogen-bond donors (Lipinski definition) is 0. The van der Waals surface area contributed by atoms with E-state index in [-0.39, 0.29) is 15.8 Å². The highest BCUT2D eigenvalue weighted by Crippen LogP contribution is 2.32. The molecule has 0 saturated heterocycles. The second-order valence-corrected chi connectivity index (χ2v) is 4.18. The van der Waals surface area contributed by atoms with Crippen LogP contribution in [0.3, 0.4) is 0 Å². The number of halogens is 4. The Hall–Kier alpha value is -0.150. The van der Waals surface area contributed by atoms with E-state index in [1.165, 1.54) is 12.1 Å². The molecule has 1 rings (SSSR count). The van der Waals surface area contributed by atoms with Crippen molar-refractivity contribution in [1.29, 1.82) is 0 Å². The molecule has 0 amide bonds. The van der Waals surface area contributed by atoms with Gasteiger partial charge in [-0.05, 0) is 12.1 Å². The summed E-state index contributed by atoms with van der Waals surface area (Å²) < 4.78 is 4.77. The molecule has 6 heteroatoms. The molecule has 0 fully saturated rings. The van der Waals surface area contributed by atoms with Crippen molar-refractivity contribution in [2.45, 2.75) is 4.84 Å². The van der Waals surface area contributed by atoms with Gasteiger partial charge >= 0.3 is 5.97 Å². The number of hydrogen-bond acceptors (Lipinski definition) is 2. The molecule has 0 aromatic heterocycles. The normalized spacial score (nSPS) is 10.4. The predicted molar refractivity (Wildman–Crippen MR) is 57.6 cm³/mol. The van der Waals surface area contributed by atoms with Crippen molar-refractivity contribution in [2.75, 3.05) is 0 Å². The maximum Gasteiger partial charge on any atom is 0.344 e. The summed E-state index contributed by atoms with van der Waals surface area (Å²) in [4.78, 5) is 9.75. The monoisotopic (exact) mass is 272 g/mol. The maximum absolute atomic E-state index is 11.0. The lowest BCUT2D eigenvalue weighted by Crippen LogP contribution is -2.15. The summed E-state index contributed by atoms with van der Waals surface area (Å²) in [6.07, 6.45) is 0. The quantitative estimate of drug-likeness (QED) is 0.467. The van der Waals surface area contributed by atoms with E-state index in [4.69, 9.17) is 51.1 Å². The molecule has 0 bridgehead atoms. The maximum atomic E-state index is 11.0. The zero-order valence-corrected chi connectivity index (χ0v) is 9.66. The summed E-state index contributed by atoms with van der Waals surface area (Å²) in [6.45, 7) is 0. The van der Waals surface area contributed by atoms with Gasteiger partial charge in [0.1, 0.15) is 0 Å². The zero-order valence-electron chi connectivity index (χ0n) is 6.64. The van der Waals surface area contributed by atoms with Gasteiger partial charge in [-0.2, -0.15) is 0 Å². The average molecular weight is 274 g/mol. The molecule has 0 aliphatic carbocycles. The fraction of sp³-hybridized carbons (Fsp3) is 0.125. The van der Waals surface area contributed by atoms with Crippen molar-refractivity contribution in [3.8, 4) is 5.75 Å². The molecular weight excluding hydrogens is 270 g/mol. The molecule has 0 spiro atoms. The van der Waals surface area contributed by atoms with E-state index in [1.54, 1.807) is 6.07 Å². The number of esters is 1. The third kappa shape index (κ3) is 2.92. The second kappa shape index (κ2) is 5.08. The standard InChI is InChI=1S/C8H4Cl4O2/c9-4-2-1-3-5(10)6(4)14-8(13)7(11)12/h1-3,7H. The summed E-state index contributed by atoms with van der Waals surface area (Å²) in [5, 5.41) is 0.444. The molecule has 2 nitrogen and oxygen atoms in total. The fourth-order valence-corrected chi connectivity index (χ4v) is 1.29. The van der Waals surface area contributed by atoms with Crippen LogP contribution in [0.15, 0.2) is 18.2 Å². The Morgan fingerprint density at radius 1 is 1.21 bits per heavy atom. The molecule has 0 heterocycles. The highest BCUT2D eigenvalue weighted by molar-refractivity contribution is 6.53. The summed E-state index contributed by atoms with van der Waals surface area (Å²) in [5.41, 5.74) is 0. The number of carbonyl (C=O) groups is 1. The number of ether oxygens (including phenoxy) is 1. The van der Waals surface area contributed by atoms with E-state index in [2.05, 4.69) is 0 Å². The Morgan fingerprint density at radius 3 is 2.14 bits per heavy atom. The van der Waals surface area contributed by atoms with E-state index in [0.717, 1.165) is 0 Å². The number of alkyl halides is 2. The lowest BCUT2D eigenvalue weighted by atomic mass is 10.3. The highest BCUT2D eigenvalue weighted by atomic mass is 35.5. The first kappa shape index (κ1) is 11.9. The van der Waals surface area contributed by atoms with Gasteiger partial charge in [-0.15, -0.1) is 0 Å². The Bertz CT molecular complexity index is 331. The first-order valence-corrected chi connectivity index (χ1v) is 5.09. The largest absolute Gasteiger partial charge is 0.421 e. The molecule has 0 unspecified atom stereocenters. The fourth-order valence-electron chi connectivity index (χ4n) is 0.725. The summed E-state index contributed by atoms with van der Waals surface area (Å²) in [6, 6.07) is 4.70. The highest BCUT2D eigenvalue weighted by Gasteiger charge is 2.17. The lowest BCUT2D eigenvalue weighted by molar-refractivity contribution is -0.132. The molecule has 0 aliphatic rings. The molecule has 76 valence electrons. The third-order valence-electron chi connectivity index (χ3n) is 1.30. The minimum Gasteiger partial charge on any atom is -0.421 e. The first-order chi connectivity index (χ1) is 6.52. The smallest absolute Gasteiger partial charge is 0.344 e. The van der Waals surface area contributed by atoms with Crippen LogP contribution in [0.5, 0.6) is 5.75 Å². The van der Waals surface area contributed by atoms with Crippen LogP contribution in [0.25, 0.3) is 0 Å². The van der Waals surface area contributed by atoms with Crippen LogP contribution in [-0.2, 0) is 4.79 Å². The van der Waals surface area contributed by atoms with Gasteiger partial charge in [0.2, 0.25) is 4.84 Å². The van der Waals surface area contributed by atoms with Crippen molar-refractivity contribution in [2.24, 2.45) is 0 Å². The van der Waals surface area contributed by atoms with Gasteiger partial charge in [-0.25, -0.2) is 4.79 Å². The van der Waals surface area contributed by atoms with Crippen LogP contribution in [0, 0.1) is 0 Å². The molecule has 1 aromatic carbocycles. The molecule has 0 radical (unpaired) electrons. The van der Waals surface area contributed by atoms with Gasteiger partial charge in [-0.3, -0.25) is 0 Å². The van der Waals surface area contributed by atoms with Gasteiger partial charge in [-0.1, -0.05) is 52.5 Å². The Morgan fingerprint density at radius 2 is 1.71 bits per heavy atom. The van der Waals surface area contributed by atoms with Crippen LogP contribution in [0.2, 0.25) is 10.0 Å². The lowest BCUT2D eigenvalue weighted by Gasteiger charge is -2.07. The minimum atomic E-state index is -1.26. The van der Waals surface area contributed by atoms with Crippen molar-refractivity contribution in [1.82, 2.24) is 0 Å². The summed E-state index contributed by atoms with van der Waals surface area (Å²) in [7, 11) is 0. The SMILES string of the molecule is O=C(Oc1c(Cl)cccc1Cl)C(Cl)Cl. The van der Waals surface area contributed by atoms with Crippen molar-refractivity contribution in [3.63, 3.8) is 0 Å². The number of rotatable bonds is 2.